The van der Waals surface area contributed by atoms with Crippen molar-refractivity contribution in [3.8, 4) is 0 Å². The molecule has 0 atom stereocenters. The Kier molecular flexibility index (Phi) is 3.26. The Balaban J connectivity index is 3.61. The van der Waals surface area contributed by atoms with Gasteiger partial charge in [-0.05, 0) is 0 Å². The van der Waals surface area contributed by atoms with E-state index in [1.165, 1.54) is 10.4 Å². The van der Waals surface area contributed by atoms with Crippen LogP contribution < -0.4 is 0 Å². The van der Waals surface area contributed by atoms with Gasteiger partial charge in [0.2, 0.25) is 0 Å². The number of hydrogen-bond donors (Lipinski definition) is 0. The van der Waals surface area contributed by atoms with Gasteiger partial charge in [-0.25, -0.2) is 0 Å². The SMILES string of the molecule is CC[As](C)(=S)CC. The molecule has 0 unspecified atom stereocenters. The minimum absolute atomic E-state index is 1.28. The van der Waals surface area contributed by atoms with Crippen LogP contribution in [0.1, 0.15) is 13.8 Å². The second kappa shape index (κ2) is 2.94. The van der Waals surface area contributed by atoms with Gasteiger partial charge in [0.1, 0.15) is 0 Å². The fraction of sp³-hybridized carbons (Fsp3) is 1.00. The van der Waals surface area contributed by atoms with Crippen molar-refractivity contribution >= 4 is 22.3 Å². The van der Waals surface area contributed by atoms with Crippen molar-refractivity contribution in [3.63, 3.8) is 0 Å². The molecule has 0 N–H and O–H groups in total. The van der Waals surface area contributed by atoms with Crippen LogP contribution in [0.2, 0.25) is 16.1 Å². The molecule has 2 heteroatoms. The van der Waals surface area contributed by atoms with E-state index in [1.807, 2.05) is 0 Å². The molecule has 0 bridgehead atoms. The fourth-order valence-corrected chi connectivity index (χ4v) is 1.16. The van der Waals surface area contributed by atoms with Crippen molar-refractivity contribution in [3.05, 3.63) is 0 Å². The summed E-state index contributed by atoms with van der Waals surface area (Å²) in [5.74, 6) is 0. The Hall–Kier alpha value is 0.778. The summed E-state index contributed by atoms with van der Waals surface area (Å²) in [6.45, 7) is 4.42. The average Bonchev–Trinajstić information content (AvgIpc) is 1.68. The Morgan fingerprint density at radius 2 is 1.57 bits per heavy atom. The van der Waals surface area contributed by atoms with Crippen molar-refractivity contribution in [1.82, 2.24) is 0 Å². The first-order valence-electron chi connectivity index (χ1n) is 2.68. The summed E-state index contributed by atoms with van der Waals surface area (Å²) in [6, 6.07) is 0. The van der Waals surface area contributed by atoms with Crippen molar-refractivity contribution in [2.24, 2.45) is 0 Å². The normalized spacial score (nSPS) is 11.9. The molecule has 44 valence electrons. The number of rotatable bonds is 2. The van der Waals surface area contributed by atoms with E-state index in [4.69, 9.17) is 10.4 Å². The van der Waals surface area contributed by atoms with Gasteiger partial charge < -0.3 is 0 Å². The van der Waals surface area contributed by atoms with E-state index in [-0.39, 0.29) is 0 Å². The predicted octanol–water partition coefficient (Wildman–Crippen LogP) is 2.80. The number of hydrogen-bond acceptors (Lipinski definition) is 1. The van der Waals surface area contributed by atoms with E-state index in [0.29, 0.717) is 0 Å². The van der Waals surface area contributed by atoms with E-state index in [1.54, 1.807) is 0 Å². The molecule has 0 aromatic heterocycles. The second-order valence-electron chi connectivity index (χ2n) is 1.93. The first-order valence-corrected chi connectivity index (χ1v) is 9.87. The molecule has 0 aliphatic heterocycles. The summed E-state index contributed by atoms with van der Waals surface area (Å²) in [7, 11) is 5.32. The van der Waals surface area contributed by atoms with Gasteiger partial charge in [-0.2, -0.15) is 0 Å². The molecule has 0 aromatic carbocycles. The summed E-state index contributed by atoms with van der Waals surface area (Å²) < 4.78 is 0. The maximum absolute atomic E-state index is 5.32. The van der Waals surface area contributed by atoms with Gasteiger partial charge in [0.25, 0.3) is 0 Å². The summed E-state index contributed by atoms with van der Waals surface area (Å²) in [4.78, 5) is 0. The standard InChI is InChI=1S/C5H13AsS/c1-4-6(3,7)5-2/h4-5H2,1-3H3. The van der Waals surface area contributed by atoms with Crippen LogP contribution in [-0.4, -0.2) is 11.9 Å². The van der Waals surface area contributed by atoms with Crippen molar-refractivity contribution in [2.45, 2.75) is 30.0 Å². The first-order chi connectivity index (χ1) is 3.12. The average molecular weight is 180 g/mol. The van der Waals surface area contributed by atoms with Crippen LogP contribution >= 0.6 is 10.4 Å². The van der Waals surface area contributed by atoms with E-state index in [9.17, 15) is 0 Å². The zero-order valence-corrected chi connectivity index (χ0v) is 7.96. The Bertz CT molecular complexity index is 80.1. The van der Waals surface area contributed by atoms with E-state index in [2.05, 4.69) is 19.6 Å². The molecule has 0 saturated heterocycles. The Morgan fingerprint density at radius 3 is 1.57 bits per heavy atom. The van der Waals surface area contributed by atoms with E-state index < -0.39 is 11.9 Å². The molecule has 0 aromatic rings. The molecule has 0 heterocycles. The van der Waals surface area contributed by atoms with Crippen molar-refractivity contribution < 1.29 is 0 Å². The zero-order valence-electron chi connectivity index (χ0n) is 5.27. The monoisotopic (exact) mass is 180 g/mol. The molecule has 0 rings (SSSR count). The molecule has 0 aliphatic rings. The molecule has 0 nitrogen and oxygen atoms in total. The maximum atomic E-state index is 5.32. The van der Waals surface area contributed by atoms with Gasteiger partial charge in [0, 0.05) is 0 Å². The molecule has 0 fully saturated rings. The molecular weight excluding hydrogens is 167 g/mol. The molecule has 0 spiro atoms. The Labute approximate surface area is 52.5 Å². The van der Waals surface area contributed by atoms with Gasteiger partial charge in [0.15, 0.2) is 0 Å². The predicted molar refractivity (Wildman–Crippen MR) is 40.2 cm³/mol. The van der Waals surface area contributed by atoms with Gasteiger partial charge in [0.05, 0.1) is 0 Å². The van der Waals surface area contributed by atoms with Gasteiger partial charge in [-0.15, -0.1) is 0 Å². The molecule has 0 radical (unpaired) electrons. The summed E-state index contributed by atoms with van der Waals surface area (Å²) in [6.07, 6.45) is 0. The van der Waals surface area contributed by atoms with Crippen molar-refractivity contribution in [2.75, 3.05) is 0 Å². The van der Waals surface area contributed by atoms with Crippen LogP contribution in [0.5, 0.6) is 0 Å². The third-order valence-corrected chi connectivity index (χ3v) is 9.64. The Morgan fingerprint density at radius 1 is 1.29 bits per heavy atom. The topological polar surface area (TPSA) is 0 Å². The van der Waals surface area contributed by atoms with Crippen LogP contribution in [0.15, 0.2) is 0 Å². The summed E-state index contributed by atoms with van der Waals surface area (Å²) >= 11 is -1.36. The molecular formula is C5H13AsS. The summed E-state index contributed by atoms with van der Waals surface area (Å²) in [5, 5.41) is 2.56. The van der Waals surface area contributed by atoms with Gasteiger partial charge in [-0.3, -0.25) is 0 Å². The van der Waals surface area contributed by atoms with Crippen LogP contribution in [0, 0.1) is 0 Å². The van der Waals surface area contributed by atoms with Crippen LogP contribution in [0.25, 0.3) is 0 Å². The quantitative estimate of drug-likeness (QED) is 0.589. The van der Waals surface area contributed by atoms with Crippen LogP contribution in [0.4, 0.5) is 0 Å². The van der Waals surface area contributed by atoms with Crippen LogP contribution in [0.3, 0.4) is 0 Å². The third kappa shape index (κ3) is 3.37. The van der Waals surface area contributed by atoms with Crippen LogP contribution in [-0.2, 0) is 0 Å². The molecule has 0 saturated carbocycles. The second-order valence-corrected chi connectivity index (χ2v) is 14.6. The molecule has 0 amide bonds. The fourth-order valence-electron chi connectivity index (χ4n) is 0.224. The van der Waals surface area contributed by atoms with Crippen molar-refractivity contribution in [1.29, 1.82) is 0 Å². The first kappa shape index (κ1) is 7.78. The van der Waals surface area contributed by atoms with E-state index >= 15 is 0 Å². The zero-order chi connectivity index (χ0) is 5.91. The minimum atomic E-state index is -1.36. The van der Waals surface area contributed by atoms with E-state index in [0.717, 1.165) is 0 Å². The molecule has 7 heavy (non-hydrogen) atoms. The van der Waals surface area contributed by atoms with Gasteiger partial charge in [-0.1, -0.05) is 0 Å². The molecule has 0 aliphatic carbocycles. The summed E-state index contributed by atoms with van der Waals surface area (Å²) in [5.41, 5.74) is 2.29. The third-order valence-electron chi connectivity index (χ3n) is 1.34. The van der Waals surface area contributed by atoms with Gasteiger partial charge >= 0.3 is 52.2 Å².